The van der Waals surface area contributed by atoms with Gasteiger partial charge < -0.3 is 9.11 Å². The molecular weight excluding hydrogens is 412 g/mol. The van der Waals surface area contributed by atoms with Crippen LogP contribution in [0.5, 0.6) is 0 Å². The maximum atomic E-state index is 12.7. The third-order valence-corrected chi connectivity index (χ3v) is 8.51. The van der Waals surface area contributed by atoms with E-state index in [9.17, 15) is 25.9 Å². The van der Waals surface area contributed by atoms with Crippen LogP contribution in [0.4, 0.5) is 0 Å². The Morgan fingerprint density at radius 1 is 0.517 bits per heavy atom. The maximum absolute atomic E-state index is 12.7. The summed E-state index contributed by atoms with van der Waals surface area (Å²) in [6.45, 7) is 0. The summed E-state index contributed by atoms with van der Waals surface area (Å²) in [6, 6.07) is 21.3. The largest absolute Gasteiger partial charge is 0.746 e. The normalized spacial score (nSPS) is 13.0. The fourth-order valence-corrected chi connectivity index (χ4v) is 6.62. The highest BCUT2D eigenvalue weighted by Crippen LogP contribution is 2.46. The Labute approximate surface area is 167 Å². The summed E-state index contributed by atoms with van der Waals surface area (Å²) in [5.74, 6) is 0. The van der Waals surface area contributed by atoms with Gasteiger partial charge in [-0.2, -0.15) is 0 Å². The van der Waals surface area contributed by atoms with Gasteiger partial charge >= 0.3 is 0 Å². The van der Waals surface area contributed by atoms with Gasteiger partial charge in [0.25, 0.3) is 0 Å². The Balaban J connectivity index is 2.33. The van der Waals surface area contributed by atoms with E-state index in [2.05, 4.69) is 0 Å². The lowest BCUT2D eigenvalue weighted by atomic mass is 9.94. The van der Waals surface area contributed by atoms with Gasteiger partial charge in [-0.25, -0.2) is 16.8 Å². The van der Waals surface area contributed by atoms with Crippen LogP contribution in [-0.4, -0.2) is 25.9 Å². The lowest BCUT2D eigenvalue weighted by Crippen LogP contribution is -2.44. The summed E-state index contributed by atoms with van der Waals surface area (Å²) in [5.41, 5.74) is -0.756. The first-order valence-electron chi connectivity index (χ1n) is 8.55. The van der Waals surface area contributed by atoms with Crippen molar-refractivity contribution in [2.45, 2.75) is 4.08 Å². The molecule has 0 radical (unpaired) electrons. The number of rotatable bonds is 4. The summed E-state index contributed by atoms with van der Waals surface area (Å²) in [5, 5.41) is 1.40. The minimum absolute atomic E-state index is 0.196. The second-order valence-corrected chi connectivity index (χ2v) is 9.88. The summed E-state index contributed by atoms with van der Waals surface area (Å²) >= 11 is 0. The first-order valence-corrected chi connectivity index (χ1v) is 11.4. The van der Waals surface area contributed by atoms with Crippen LogP contribution in [0.1, 0.15) is 11.1 Å². The summed E-state index contributed by atoms with van der Waals surface area (Å²) < 4.78 is 72.6. The molecule has 0 saturated heterocycles. The van der Waals surface area contributed by atoms with Crippen LogP contribution in [0.25, 0.3) is 21.5 Å². The molecule has 0 unspecified atom stereocenters. The van der Waals surface area contributed by atoms with Crippen LogP contribution in [0.3, 0.4) is 0 Å². The second-order valence-electron chi connectivity index (χ2n) is 6.58. The molecule has 0 saturated carbocycles. The quantitative estimate of drug-likeness (QED) is 0.463. The number of benzene rings is 4. The van der Waals surface area contributed by atoms with E-state index >= 15 is 0 Å². The summed E-state index contributed by atoms with van der Waals surface area (Å²) in [6.07, 6.45) is 0. The highest BCUT2D eigenvalue weighted by Gasteiger charge is 2.50. The third kappa shape index (κ3) is 2.84. The molecule has 4 aromatic carbocycles. The zero-order valence-electron chi connectivity index (χ0n) is 14.8. The molecule has 0 atom stereocenters. The van der Waals surface area contributed by atoms with Gasteiger partial charge in [0.15, 0.2) is 0 Å². The van der Waals surface area contributed by atoms with Gasteiger partial charge in [0.1, 0.15) is 20.2 Å². The van der Waals surface area contributed by atoms with Crippen molar-refractivity contribution >= 4 is 41.8 Å². The molecule has 0 bridgehead atoms. The van der Waals surface area contributed by atoms with Crippen molar-refractivity contribution in [2.75, 3.05) is 0 Å². The molecule has 0 spiro atoms. The van der Waals surface area contributed by atoms with Gasteiger partial charge in [0.2, 0.25) is 4.08 Å². The molecule has 6 nitrogen and oxygen atoms in total. The molecule has 4 rings (SSSR count). The highest BCUT2D eigenvalue weighted by molar-refractivity contribution is 8.04. The fraction of sp³-hybridized carbons (Fsp3) is 0.0476. The zero-order valence-corrected chi connectivity index (χ0v) is 16.5. The minimum atomic E-state index is -5.72. The Kier molecular flexibility index (Phi) is 4.47. The van der Waals surface area contributed by atoms with Gasteiger partial charge in [-0.15, -0.1) is 0 Å². The first-order chi connectivity index (χ1) is 13.7. The van der Waals surface area contributed by atoms with Crippen LogP contribution in [-0.2, 0) is 24.3 Å². The Bertz CT molecular complexity index is 1330. The van der Waals surface area contributed by atoms with Gasteiger partial charge in [0.05, 0.1) is 0 Å². The molecule has 0 amide bonds. The molecule has 0 aliphatic heterocycles. The van der Waals surface area contributed by atoms with E-state index in [0.717, 1.165) is 0 Å². The minimum Gasteiger partial charge on any atom is -0.746 e. The zero-order chi connectivity index (χ0) is 20.9. The van der Waals surface area contributed by atoms with Gasteiger partial charge in [-0.05, 0) is 32.7 Å². The molecule has 8 heteroatoms. The number of hydrogen-bond acceptors (Lipinski definition) is 6. The third-order valence-electron chi connectivity index (χ3n) is 4.99. The molecule has 0 fully saturated rings. The molecule has 0 aromatic heterocycles. The van der Waals surface area contributed by atoms with Gasteiger partial charge in [-0.1, -0.05) is 84.9 Å². The molecule has 0 N–H and O–H groups in total. The Morgan fingerprint density at radius 2 is 0.862 bits per heavy atom. The summed E-state index contributed by atoms with van der Waals surface area (Å²) in [4.78, 5) is 0. The first kappa shape index (κ1) is 19.5. The average molecular weight is 426 g/mol. The standard InChI is InChI=1S/C21H16O6S2/c22-28(23,24)21(29(25,26)27,19-13-5-9-15-7-1-3-11-17(15)19)20-14-6-10-16-8-2-4-12-18(16)20/h1-14H,(H,22,23,24)(H,25,26,27)/p-2. The van der Waals surface area contributed by atoms with Crippen molar-refractivity contribution in [3.63, 3.8) is 0 Å². The molecule has 0 heterocycles. The van der Waals surface area contributed by atoms with Crippen LogP contribution in [0.2, 0.25) is 0 Å². The van der Waals surface area contributed by atoms with Crippen LogP contribution in [0, 0.1) is 0 Å². The van der Waals surface area contributed by atoms with E-state index in [1.165, 1.54) is 36.4 Å². The highest BCUT2D eigenvalue weighted by atomic mass is 32.3. The Morgan fingerprint density at radius 3 is 1.24 bits per heavy atom. The molecule has 4 aromatic rings. The van der Waals surface area contributed by atoms with Crippen LogP contribution >= 0.6 is 0 Å². The van der Waals surface area contributed by atoms with E-state index in [1.807, 2.05) is 0 Å². The number of hydrogen-bond donors (Lipinski definition) is 0. The smallest absolute Gasteiger partial charge is 0.200 e. The maximum Gasteiger partial charge on any atom is 0.200 e. The fourth-order valence-electron chi connectivity index (χ4n) is 3.83. The van der Waals surface area contributed by atoms with Crippen molar-refractivity contribution in [3.8, 4) is 0 Å². The van der Waals surface area contributed by atoms with E-state index < -0.39 is 24.3 Å². The van der Waals surface area contributed by atoms with Crippen molar-refractivity contribution in [1.29, 1.82) is 0 Å². The predicted octanol–water partition coefficient (Wildman–Crippen LogP) is 3.28. The average Bonchev–Trinajstić information content (AvgIpc) is 2.67. The topological polar surface area (TPSA) is 114 Å². The second kappa shape index (κ2) is 6.64. The molecule has 0 aliphatic carbocycles. The van der Waals surface area contributed by atoms with Gasteiger partial charge in [-0.3, -0.25) is 0 Å². The van der Waals surface area contributed by atoms with Crippen molar-refractivity contribution in [3.05, 3.63) is 96.1 Å². The van der Waals surface area contributed by atoms with Crippen molar-refractivity contribution < 1.29 is 25.9 Å². The lowest BCUT2D eigenvalue weighted by Gasteiger charge is -2.40. The van der Waals surface area contributed by atoms with Crippen LogP contribution < -0.4 is 0 Å². The van der Waals surface area contributed by atoms with Crippen molar-refractivity contribution in [2.24, 2.45) is 0 Å². The number of fused-ring (bicyclic) bond motifs is 2. The van der Waals surface area contributed by atoms with E-state index in [1.54, 1.807) is 48.5 Å². The van der Waals surface area contributed by atoms with E-state index in [0.29, 0.717) is 10.8 Å². The molecule has 0 aliphatic rings. The molecular formula is C21H14O6S2-2. The van der Waals surface area contributed by atoms with Gasteiger partial charge in [0, 0.05) is 0 Å². The SMILES string of the molecule is O=S(=O)([O-])C(c1cccc2ccccc12)(c1cccc2ccccc12)S(=O)(=O)[O-]. The van der Waals surface area contributed by atoms with Crippen molar-refractivity contribution in [1.82, 2.24) is 0 Å². The van der Waals surface area contributed by atoms with Crippen LogP contribution in [0.15, 0.2) is 84.9 Å². The molecule has 148 valence electrons. The summed E-state index contributed by atoms with van der Waals surface area (Å²) in [7, 11) is -11.4. The molecule has 29 heavy (non-hydrogen) atoms. The monoisotopic (exact) mass is 426 g/mol. The van der Waals surface area contributed by atoms with E-state index in [-0.39, 0.29) is 21.9 Å². The predicted molar refractivity (Wildman–Crippen MR) is 108 cm³/mol. The Hall–Kier alpha value is -2.78. The lowest BCUT2D eigenvalue weighted by molar-refractivity contribution is 0.420. The van der Waals surface area contributed by atoms with E-state index in [4.69, 9.17) is 0 Å².